The summed E-state index contributed by atoms with van der Waals surface area (Å²) in [7, 11) is 3.01. The minimum absolute atomic E-state index is 0.0815. The number of hydrogen-bond donors (Lipinski definition) is 2. The lowest BCUT2D eigenvalue weighted by Crippen LogP contribution is -2.29. The number of carbonyl (C=O) groups excluding carboxylic acids is 1. The Morgan fingerprint density at radius 1 is 1.15 bits per heavy atom. The normalized spacial score (nSPS) is 16.7. The molecule has 0 radical (unpaired) electrons. The van der Waals surface area contributed by atoms with Gasteiger partial charge in [0, 0.05) is 28.9 Å². The summed E-state index contributed by atoms with van der Waals surface area (Å²) in [6, 6.07) is 22.1. The van der Waals surface area contributed by atoms with Gasteiger partial charge < -0.3 is 29.4 Å². The number of rotatable bonds is 9. The molecule has 2 aromatic heterocycles. The van der Waals surface area contributed by atoms with Gasteiger partial charge in [0.2, 0.25) is 5.91 Å². The Morgan fingerprint density at radius 2 is 1.97 bits per heavy atom. The second-order valence-electron chi connectivity index (χ2n) is 8.58. The van der Waals surface area contributed by atoms with Crippen LogP contribution in [0.1, 0.15) is 23.5 Å². The number of pyridine rings is 1. The predicted molar refractivity (Wildman–Crippen MR) is 156 cm³/mol. The van der Waals surface area contributed by atoms with E-state index in [0.29, 0.717) is 27.3 Å². The highest BCUT2D eigenvalue weighted by Gasteiger charge is 2.42. The Balaban J connectivity index is 1.52. The van der Waals surface area contributed by atoms with E-state index < -0.39 is 0 Å². The third-order valence-corrected chi connectivity index (χ3v) is 7.53. The predicted octanol–water partition coefficient (Wildman–Crippen LogP) is 6.25. The Bertz CT molecular complexity index is 1470. The van der Waals surface area contributed by atoms with Crippen molar-refractivity contribution in [3.05, 3.63) is 95.5 Å². The molecular weight excluding hydrogens is 556 g/mol. The summed E-state index contributed by atoms with van der Waals surface area (Å²) < 4.78 is 16.8. The molecule has 1 fully saturated rings. The van der Waals surface area contributed by atoms with Gasteiger partial charge in [-0.3, -0.25) is 9.78 Å². The fraction of sp³-hybridized carbons (Fsp3) is 0.179. The average Bonchev–Trinajstić information content (AvgIpc) is 3.54. The number of ether oxygens (including phenoxy) is 2. The third kappa shape index (κ3) is 6.04. The SMILES string of the molecule is COCC(=O)Nc1cc(N2C(=S)N[C@H](c3ccccn3)[C@H]2c2ccc(Sc3ccc(Cl)cc3)o2)ccc1OC. The number of thiocarbonyl (C=S) groups is 1. The Morgan fingerprint density at radius 3 is 2.69 bits per heavy atom. The fourth-order valence-electron chi connectivity index (χ4n) is 4.35. The van der Waals surface area contributed by atoms with Crippen molar-refractivity contribution in [1.29, 1.82) is 0 Å². The van der Waals surface area contributed by atoms with Crippen LogP contribution in [0.25, 0.3) is 0 Å². The van der Waals surface area contributed by atoms with E-state index in [1.807, 2.05) is 71.6 Å². The van der Waals surface area contributed by atoms with Crippen molar-refractivity contribution in [3.8, 4) is 5.75 Å². The number of nitrogens with one attached hydrogen (secondary N) is 2. The molecule has 2 aromatic carbocycles. The number of amides is 1. The van der Waals surface area contributed by atoms with Gasteiger partial charge in [0.15, 0.2) is 10.2 Å². The molecule has 0 unspecified atom stereocenters. The first kappa shape index (κ1) is 27.0. The number of carbonyl (C=O) groups is 1. The molecule has 200 valence electrons. The molecule has 0 aliphatic carbocycles. The molecule has 0 saturated carbocycles. The van der Waals surface area contributed by atoms with Gasteiger partial charge in [-0.05, 0) is 78.9 Å². The van der Waals surface area contributed by atoms with Crippen molar-refractivity contribution in [2.75, 3.05) is 31.0 Å². The highest BCUT2D eigenvalue weighted by Crippen LogP contribution is 2.44. The van der Waals surface area contributed by atoms with Gasteiger partial charge in [0.1, 0.15) is 24.2 Å². The second-order valence-corrected chi connectivity index (χ2v) is 10.5. The lowest BCUT2D eigenvalue weighted by molar-refractivity contribution is -0.119. The largest absolute Gasteiger partial charge is 0.495 e. The van der Waals surface area contributed by atoms with E-state index in [2.05, 4.69) is 15.6 Å². The highest BCUT2D eigenvalue weighted by atomic mass is 35.5. The van der Waals surface area contributed by atoms with Crippen LogP contribution in [0.15, 0.2) is 93.4 Å². The van der Waals surface area contributed by atoms with Gasteiger partial charge >= 0.3 is 0 Å². The summed E-state index contributed by atoms with van der Waals surface area (Å²) in [6.07, 6.45) is 1.75. The van der Waals surface area contributed by atoms with E-state index in [0.717, 1.165) is 21.4 Å². The molecule has 39 heavy (non-hydrogen) atoms. The van der Waals surface area contributed by atoms with Crippen molar-refractivity contribution in [3.63, 3.8) is 0 Å². The topological polar surface area (TPSA) is 88.9 Å². The van der Waals surface area contributed by atoms with E-state index in [9.17, 15) is 4.79 Å². The van der Waals surface area contributed by atoms with Crippen LogP contribution in [0, 0.1) is 0 Å². The number of methoxy groups -OCH3 is 2. The van der Waals surface area contributed by atoms with Gasteiger partial charge in [-0.25, -0.2) is 0 Å². The van der Waals surface area contributed by atoms with Gasteiger partial charge in [0.25, 0.3) is 0 Å². The number of nitrogens with zero attached hydrogens (tertiary/aromatic N) is 2. The molecule has 1 aliphatic heterocycles. The zero-order chi connectivity index (χ0) is 27.4. The minimum atomic E-state index is -0.358. The van der Waals surface area contributed by atoms with Gasteiger partial charge in [-0.15, -0.1) is 0 Å². The van der Waals surface area contributed by atoms with Crippen LogP contribution in [-0.2, 0) is 9.53 Å². The molecule has 5 rings (SSSR count). The lowest BCUT2D eigenvalue weighted by atomic mass is 10.0. The summed E-state index contributed by atoms with van der Waals surface area (Å²) >= 11 is 13.4. The number of halogens is 1. The molecule has 4 aromatic rings. The monoisotopic (exact) mass is 580 g/mol. The first-order chi connectivity index (χ1) is 19.0. The van der Waals surface area contributed by atoms with E-state index in [4.69, 9.17) is 37.7 Å². The molecule has 8 nitrogen and oxygen atoms in total. The van der Waals surface area contributed by atoms with Gasteiger partial charge in [-0.1, -0.05) is 29.4 Å². The number of aromatic nitrogens is 1. The average molecular weight is 581 g/mol. The smallest absolute Gasteiger partial charge is 0.250 e. The molecular formula is C28H25ClN4O4S2. The quantitative estimate of drug-likeness (QED) is 0.223. The molecule has 2 atom stereocenters. The summed E-state index contributed by atoms with van der Waals surface area (Å²) in [5, 5.41) is 8.17. The molecule has 2 N–H and O–H groups in total. The number of benzene rings is 2. The van der Waals surface area contributed by atoms with Crippen molar-refractivity contribution >= 4 is 58.0 Å². The van der Waals surface area contributed by atoms with Crippen LogP contribution < -0.4 is 20.3 Å². The Hall–Kier alpha value is -3.57. The first-order valence-corrected chi connectivity index (χ1v) is 13.6. The van der Waals surface area contributed by atoms with Crippen LogP contribution in [0.2, 0.25) is 5.02 Å². The summed E-state index contributed by atoms with van der Waals surface area (Å²) in [6.45, 7) is -0.0815. The molecule has 3 heterocycles. The zero-order valence-corrected chi connectivity index (χ0v) is 23.5. The van der Waals surface area contributed by atoms with Crippen LogP contribution in [0.5, 0.6) is 5.75 Å². The van der Waals surface area contributed by atoms with E-state index in [1.54, 1.807) is 19.4 Å². The number of anilines is 2. The van der Waals surface area contributed by atoms with E-state index in [1.165, 1.54) is 18.9 Å². The second kappa shape index (κ2) is 12.1. The molecule has 0 bridgehead atoms. The Kier molecular flexibility index (Phi) is 8.37. The zero-order valence-electron chi connectivity index (χ0n) is 21.1. The van der Waals surface area contributed by atoms with Gasteiger partial charge in [0.05, 0.1) is 24.5 Å². The highest BCUT2D eigenvalue weighted by molar-refractivity contribution is 7.99. The molecule has 11 heteroatoms. The van der Waals surface area contributed by atoms with Crippen molar-refractivity contribution in [1.82, 2.24) is 10.3 Å². The third-order valence-electron chi connectivity index (χ3n) is 6.03. The van der Waals surface area contributed by atoms with Crippen LogP contribution >= 0.6 is 35.6 Å². The Labute approximate surface area is 240 Å². The summed E-state index contributed by atoms with van der Waals surface area (Å²) in [5.41, 5.74) is 2.06. The van der Waals surface area contributed by atoms with Crippen LogP contribution in [-0.4, -0.2) is 36.8 Å². The van der Waals surface area contributed by atoms with E-state index in [-0.39, 0.29) is 24.6 Å². The maximum atomic E-state index is 12.3. The van der Waals surface area contributed by atoms with Crippen molar-refractivity contribution in [2.24, 2.45) is 0 Å². The van der Waals surface area contributed by atoms with Gasteiger partial charge in [-0.2, -0.15) is 0 Å². The standard InChI is InChI=1S/C28H25ClN4O4S2/c1-35-16-24(34)31-21-15-18(8-11-22(21)36-2)33-27(26(32-28(33)38)20-5-3-4-14-30-20)23-12-13-25(37-23)39-19-9-6-17(29)7-10-19/h3-15,26-27H,16H2,1-2H3,(H,31,34)(H,32,38)/t26-,27-/m1/s1. The molecule has 1 aliphatic rings. The van der Waals surface area contributed by atoms with E-state index >= 15 is 0 Å². The van der Waals surface area contributed by atoms with Crippen LogP contribution in [0.4, 0.5) is 11.4 Å². The summed E-state index contributed by atoms with van der Waals surface area (Å²) in [4.78, 5) is 19.9. The lowest BCUT2D eigenvalue weighted by Gasteiger charge is -2.27. The maximum Gasteiger partial charge on any atom is 0.250 e. The first-order valence-electron chi connectivity index (χ1n) is 12.0. The van der Waals surface area contributed by atoms with Crippen molar-refractivity contribution < 1.29 is 18.7 Å². The number of hydrogen-bond acceptors (Lipinski definition) is 7. The van der Waals surface area contributed by atoms with Crippen LogP contribution in [0.3, 0.4) is 0 Å². The maximum absolute atomic E-state index is 12.3. The van der Waals surface area contributed by atoms with Crippen molar-refractivity contribution in [2.45, 2.75) is 22.1 Å². The molecule has 1 saturated heterocycles. The molecule has 1 amide bonds. The molecule has 0 spiro atoms. The summed E-state index contributed by atoms with van der Waals surface area (Å²) in [5.74, 6) is 0.918. The fourth-order valence-corrected chi connectivity index (χ4v) is 5.60. The minimum Gasteiger partial charge on any atom is -0.495 e. The number of furan rings is 1.